The molecule has 0 aliphatic carbocycles. The number of ether oxygens (including phenoxy) is 1. The van der Waals surface area contributed by atoms with Crippen molar-refractivity contribution < 1.29 is 4.74 Å². The van der Waals surface area contributed by atoms with E-state index < -0.39 is 0 Å². The first-order valence-corrected chi connectivity index (χ1v) is 6.67. The van der Waals surface area contributed by atoms with Crippen molar-refractivity contribution in [3.8, 4) is 5.75 Å². The van der Waals surface area contributed by atoms with Crippen LogP contribution < -0.4 is 10.1 Å². The molecule has 2 aromatic rings. The first-order valence-electron chi connectivity index (χ1n) is 6.29. The lowest BCUT2D eigenvalue weighted by molar-refractivity contribution is 0.209. The molecule has 3 rings (SSSR count). The molecule has 6 heteroatoms. The number of rotatable bonds is 3. The van der Waals surface area contributed by atoms with Crippen LogP contribution in [0.1, 0.15) is 24.7 Å². The molecule has 1 unspecified atom stereocenters. The van der Waals surface area contributed by atoms with Crippen molar-refractivity contribution in [1.82, 2.24) is 20.1 Å². The zero-order chi connectivity index (χ0) is 13.2. The molecular weight excluding hydrogens is 264 g/mol. The summed E-state index contributed by atoms with van der Waals surface area (Å²) >= 11 is 5.95. The Morgan fingerprint density at radius 1 is 1.42 bits per heavy atom. The Balaban J connectivity index is 1.80. The number of fused-ring (bicyclic) bond motifs is 1. The molecule has 0 saturated carbocycles. The summed E-state index contributed by atoms with van der Waals surface area (Å²) in [5.74, 6) is 2.56. The van der Waals surface area contributed by atoms with Gasteiger partial charge in [0.25, 0.3) is 0 Å². The fourth-order valence-electron chi connectivity index (χ4n) is 2.21. The van der Waals surface area contributed by atoms with E-state index in [1.165, 1.54) is 0 Å². The second kappa shape index (κ2) is 5.19. The van der Waals surface area contributed by atoms with Gasteiger partial charge in [0.2, 0.25) is 0 Å². The van der Waals surface area contributed by atoms with E-state index in [4.69, 9.17) is 16.3 Å². The van der Waals surface area contributed by atoms with Gasteiger partial charge in [-0.2, -0.15) is 0 Å². The smallest absolute Gasteiger partial charge is 0.174 e. The van der Waals surface area contributed by atoms with E-state index in [0.29, 0.717) is 5.02 Å². The van der Waals surface area contributed by atoms with Crippen LogP contribution in [0.25, 0.3) is 0 Å². The minimum Gasteiger partial charge on any atom is -0.483 e. The van der Waals surface area contributed by atoms with Gasteiger partial charge in [-0.25, -0.2) is 0 Å². The van der Waals surface area contributed by atoms with Gasteiger partial charge in [-0.1, -0.05) is 17.7 Å². The molecule has 0 amide bonds. The maximum atomic E-state index is 5.95. The van der Waals surface area contributed by atoms with E-state index in [2.05, 4.69) is 20.1 Å². The van der Waals surface area contributed by atoms with Crippen molar-refractivity contribution >= 4 is 11.6 Å². The minimum absolute atomic E-state index is 0.155. The summed E-state index contributed by atoms with van der Waals surface area (Å²) in [6.45, 7) is 4.54. The maximum absolute atomic E-state index is 5.95. The molecule has 1 aromatic carbocycles. The summed E-state index contributed by atoms with van der Waals surface area (Å²) in [5, 5.41) is 12.3. The van der Waals surface area contributed by atoms with Gasteiger partial charge in [0.05, 0.1) is 6.54 Å². The van der Waals surface area contributed by atoms with Crippen molar-refractivity contribution in [2.75, 3.05) is 6.54 Å². The summed E-state index contributed by atoms with van der Waals surface area (Å²) in [6, 6.07) is 7.38. The largest absolute Gasteiger partial charge is 0.483 e. The minimum atomic E-state index is -0.155. The van der Waals surface area contributed by atoms with E-state index >= 15 is 0 Å². The normalized spacial score (nSPS) is 15.9. The summed E-state index contributed by atoms with van der Waals surface area (Å²) in [7, 11) is 0. The monoisotopic (exact) mass is 278 g/mol. The molecule has 1 aliphatic heterocycles. The fraction of sp³-hybridized carbons (Fsp3) is 0.385. The van der Waals surface area contributed by atoms with Crippen LogP contribution >= 0.6 is 11.6 Å². The van der Waals surface area contributed by atoms with Crippen LogP contribution in [0.5, 0.6) is 5.75 Å². The number of hydrogen-bond acceptors (Lipinski definition) is 4. The predicted octanol–water partition coefficient (Wildman–Crippen LogP) is 2.17. The molecular formula is C13H15ClN4O. The molecule has 1 aromatic heterocycles. The average Bonchev–Trinajstić information content (AvgIpc) is 2.82. The Bertz CT molecular complexity index is 584. The van der Waals surface area contributed by atoms with Gasteiger partial charge in [-0.15, -0.1) is 10.2 Å². The molecule has 0 spiro atoms. The van der Waals surface area contributed by atoms with E-state index in [-0.39, 0.29) is 6.10 Å². The molecule has 19 heavy (non-hydrogen) atoms. The van der Waals surface area contributed by atoms with Crippen LogP contribution in [0.15, 0.2) is 24.3 Å². The highest BCUT2D eigenvalue weighted by Gasteiger charge is 2.20. The van der Waals surface area contributed by atoms with Crippen LogP contribution in [0.3, 0.4) is 0 Å². The quantitative estimate of drug-likeness (QED) is 0.935. The average molecular weight is 279 g/mol. The van der Waals surface area contributed by atoms with Gasteiger partial charge in [0.1, 0.15) is 11.6 Å². The topological polar surface area (TPSA) is 52.0 Å². The zero-order valence-corrected chi connectivity index (χ0v) is 11.4. The predicted molar refractivity (Wildman–Crippen MR) is 72.2 cm³/mol. The Kier molecular flexibility index (Phi) is 3.40. The Morgan fingerprint density at radius 2 is 2.32 bits per heavy atom. The van der Waals surface area contributed by atoms with Gasteiger partial charge in [0.15, 0.2) is 11.9 Å². The van der Waals surface area contributed by atoms with Gasteiger partial charge in [-0.3, -0.25) is 0 Å². The van der Waals surface area contributed by atoms with Crippen LogP contribution in [-0.4, -0.2) is 21.3 Å². The van der Waals surface area contributed by atoms with E-state index in [9.17, 15) is 0 Å². The van der Waals surface area contributed by atoms with E-state index in [1.54, 1.807) is 6.07 Å². The Hall–Kier alpha value is -1.59. The van der Waals surface area contributed by atoms with Gasteiger partial charge in [-0.05, 0) is 25.1 Å². The number of aromatic nitrogens is 3. The number of halogens is 1. The molecule has 1 atom stereocenters. The summed E-state index contributed by atoms with van der Waals surface area (Å²) in [5.41, 5.74) is 0. The summed E-state index contributed by atoms with van der Waals surface area (Å²) in [6.07, 6.45) is -0.155. The van der Waals surface area contributed by atoms with Crippen LogP contribution in [0.4, 0.5) is 0 Å². The highest BCUT2D eigenvalue weighted by molar-refractivity contribution is 6.30. The van der Waals surface area contributed by atoms with Crippen LogP contribution in [-0.2, 0) is 13.1 Å². The van der Waals surface area contributed by atoms with Crippen molar-refractivity contribution in [2.45, 2.75) is 26.1 Å². The summed E-state index contributed by atoms with van der Waals surface area (Å²) in [4.78, 5) is 0. The Morgan fingerprint density at radius 3 is 3.16 bits per heavy atom. The number of nitrogens with one attached hydrogen (secondary N) is 1. The second-order valence-corrected chi connectivity index (χ2v) is 4.96. The Labute approximate surface area is 116 Å². The first kappa shape index (κ1) is 12.4. The third-order valence-corrected chi connectivity index (χ3v) is 3.36. The highest BCUT2D eigenvalue weighted by atomic mass is 35.5. The molecule has 1 N–H and O–H groups in total. The SMILES string of the molecule is CC(Oc1cccc(Cl)c1)c1nnc2n1CCNC2. The van der Waals surface area contributed by atoms with Crippen molar-refractivity contribution in [3.63, 3.8) is 0 Å². The molecule has 0 bridgehead atoms. The van der Waals surface area contributed by atoms with Gasteiger partial charge >= 0.3 is 0 Å². The lowest BCUT2D eigenvalue weighted by Crippen LogP contribution is -2.29. The van der Waals surface area contributed by atoms with E-state index in [0.717, 1.165) is 37.0 Å². The second-order valence-electron chi connectivity index (χ2n) is 4.52. The lowest BCUT2D eigenvalue weighted by atomic mass is 10.3. The molecule has 0 saturated heterocycles. The molecule has 1 aliphatic rings. The zero-order valence-electron chi connectivity index (χ0n) is 10.6. The summed E-state index contributed by atoms with van der Waals surface area (Å²) < 4.78 is 7.99. The first-order chi connectivity index (χ1) is 9.24. The third-order valence-electron chi connectivity index (χ3n) is 3.12. The standard InChI is InChI=1S/C13H15ClN4O/c1-9(19-11-4-2-3-10(14)7-11)13-17-16-12-8-15-5-6-18(12)13/h2-4,7,9,15H,5-6,8H2,1H3. The van der Waals surface area contributed by atoms with Crippen molar-refractivity contribution in [3.05, 3.63) is 40.9 Å². The number of nitrogens with zero attached hydrogens (tertiary/aromatic N) is 3. The number of hydrogen-bond donors (Lipinski definition) is 1. The highest BCUT2D eigenvalue weighted by Crippen LogP contribution is 2.24. The van der Waals surface area contributed by atoms with Crippen LogP contribution in [0, 0.1) is 0 Å². The fourth-order valence-corrected chi connectivity index (χ4v) is 2.39. The van der Waals surface area contributed by atoms with Gasteiger partial charge < -0.3 is 14.6 Å². The molecule has 0 radical (unpaired) electrons. The molecule has 100 valence electrons. The van der Waals surface area contributed by atoms with Gasteiger partial charge in [0, 0.05) is 18.1 Å². The lowest BCUT2D eigenvalue weighted by Gasteiger charge is -2.19. The molecule has 5 nitrogen and oxygen atoms in total. The van der Waals surface area contributed by atoms with Crippen LogP contribution in [0.2, 0.25) is 5.02 Å². The van der Waals surface area contributed by atoms with Crippen molar-refractivity contribution in [1.29, 1.82) is 0 Å². The van der Waals surface area contributed by atoms with E-state index in [1.807, 2.05) is 25.1 Å². The number of benzene rings is 1. The van der Waals surface area contributed by atoms with Crippen molar-refractivity contribution in [2.24, 2.45) is 0 Å². The maximum Gasteiger partial charge on any atom is 0.174 e. The molecule has 0 fully saturated rings. The molecule has 2 heterocycles. The third kappa shape index (κ3) is 2.57.